The Kier molecular flexibility index (Phi) is 4.15. The summed E-state index contributed by atoms with van der Waals surface area (Å²) < 4.78 is 18.2. The highest BCUT2D eigenvalue weighted by Crippen LogP contribution is 2.38. The fourth-order valence-corrected chi connectivity index (χ4v) is 3.13. The molecule has 0 fully saturated rings. The van der Waals surface area contributed by atoms with Crippen LogP contribution in [0.2, 0.25) is 0 Å². The Labute approximate surface area is 132 Å². The lowest BCUT2D eigenvalue weighted by molar-refractivity contribution is 0.414. The van der Waals surface area contributed by atoms with Crippen LogP contribution in [0.25, 0.3) is 5.70 Å². The van der Waals surface area contributed by atoms with E-state index in [1.54, 1.807) is 19.2 Å². The Balaban J connectivity index is 1.92. The lowest BCUT2D eigenvalue weighted by atomic mass is 10.1. The van der Waals surface area contributed by atoms with E-state index in [-0.39, 0.29) is 11.1 Å². The molecular formula is C17H15FN2OS. The molecule has 1 aliphatic heterocycles. The molecule has 0 saturated carbocycles. The molecule has 0 saturated heterocycles. The molecule has 0 aromatic heterocycles. The van der Waals surface area contributed by atoms with E-state index in [2.05, 4.69) is 4.99 Å². The van der Waals surface area contributed by atoms with Crippen molar-refractivity contribution in [3.63, 3.8) is 0 Å². The first kappa shape index (κ1) is 14.7. The van der Waals surface area contributed by atoms with E-state index in [0.717, 1.165) is 22.6 Å². The molecule has 3 rings (SSSR count). The number of rotatable bonds is 3. The van der Waals surface area contributed by atoms with E-state index in [4.69, 9.17) is 10.5 Å². The second-order valence-electron chi connectivity index (χ2n) is 4.82. The third kappa shape index (κ3) is 3.14. The average molecular weight is 314 g/mol. The average Bonchev–Trinajstić information content (AvgIpc) is 2.55. The fraction of sp³-hybridized carbons (Fsp3) is 0.118. The van der Waals surface area contributed by atoms with Gasteiger partial charge in [0.15, 0.2) is 5.17 Å². The summed E-state index contributed by atoms with van der Waals surface area (Å²) in [5.41, 5.74) is 8.68. The van der Waals surface area contributed by atoms with Crippen molar-refractivity contribution in [3.05, 3.63) is 71.6 Å². The van der Waals surface area contributed by atoms with Crippen LogP contribution in [0.15, 0.2) is 59.6 Å². The number of ether oxygens (including phenoxy) is 1. The van der Waals surface area contributed by atoms with Gasteiger partial charge in [-0.1, -0.05) is 23.9 Å². The molecule has 1 heterocycles. The number of halogens is 1. The Bertz CT molecular complexity index is 723. The smallest absolute Gasteiger partial charge is 0.160 e. The minimum Gasteiger partial charge on any atom is -0.497 e. The molecule has 5 heteroatoms. The van der Waals surface area contributed by atoms with Crippen LogP contribution in [0.4, 0.5) is 4.39 Å². The Hall–Kier alpha value is -2.27. The maximum Gasteiger partial charge on any atom is 0.160 e. The molecular weight excluding hydrogens is 299 g/mol. The van der Waals surface area contributed by atoms with Gasteiger partial charge < -0.3 is 10.5 Å². The van der Waals surface area contributed by atoms with E-state index >= 15 is 0 Å². The van der Waals surface area contributed by atoms with Crippen molar-refractivity contribution in [2.24, 2.45) is 10.7 Å². The van der Waals surface area contributed by atoms with Gasteiger partial charge in [0.25, 0.3) is 0 Å². The van der Waals surface area contributed by atoms with Crippen molar-refractivity contribution in [1.29, 1.82) is 0 Å². The predicted octanol–water partition coefficient (Wildman–Crippen LogP) is 3.98. The van der Waals surface area contributed by atoms with Crippen LogP contribution >= 0.6 is 11.8 Å². The molecule has 22 heavy (non-hydrogen) atoms. The minimum atomic E-state index is -0.266. The fourth-order valence-electron chi connectivity index (χ4n) is 2.23. The molecule has 2 aromatic carbocycles. The number of nitrogens with zero attached hydrogens (tertiary/aromatic N) is 1. The number of thioether (sulfide) groups is 1. The van der Waals surface area contributed by atoms with E-state index < -0.39 is 0 Å². The SMILES string of the molecule is COc1ccc([C@H]2C=C(c3ccc(F)cc3)N=C(N)S2)cc1. The second kappa shape index (κ2) is 6.23. The lowest BCUT2D eigenvalue weighted by Crippen LogP contribution is -2.13. The van der Waals surface area contributed by atoms with Crippen molar-refractivity contribution < 1.29 is 9.13 Å². The Morgan fingerprint density at radius 2 is 1.77 bits per heavy atom. The van der Waals surface area contributed by atoms with Crippen molar-refractivity contribution in [2.45, 2.75) is 5.25 Å². The normalized spacial score (nSPS) is 17.6. The highest BCUT2D eigenvalue weighted by molar-refractivity contribution is 8.14. The van der Waals surface area contributed by atoms with Crippen LogP contribution in [0.3, 0.4) is 0 Å². The molecule has 0 unspecified atom stereocenters. The number of hydrogen-bond donors (Lipinski definition) is 1. The van der Waals surface area contributed by atoms with Crippen LogP contribution < -0.4 is 10.5 Å². The molecule has 0 aliphatic carbocycles. The van der Waals surface area contributed by atoms with Gasteiger partial charge >= 0.3 is 0 Å². The van der Waals surface area contributed by atoms with Gasteiger partial charge in [0.1, 0.15) is 11.6 Å². The molecule has 2 N–H and O–H groups in total. The zero-order chi connectivity index (χ0) is 15.5. The highest BCUT2D eigenvalue weighted by atomic mass is 32.2. The Morgan fingerprint density at radius 3 is 2.41 bits per heavy atom. The van der Waals surface area contributed by atoms with Gasteiger partial charge in [0.2, 0.25) is 0 Å². The summed E-state index contributed by atoms with van der Waals surface area (Å²) in [6.45, 7) is 0. The number of aliphatic imine (C=N–C) groups is 1. The summed E-state index contributed by atoms with van der Waals surface area (Å²) in [5, 5.41) is 0.575. The van der Waals surface area contributed by atoms with Crippen molar-refractivity contribution in [3.8, 4) is 5.75 Å². The third-order valence-corrected chi connectivity index (χ3v) is 4.37. The van der Waals surface area contributed by atoms with Crippen LogP contribution in [0, 0.1) is 5.82 Å². The minimum absolute atomic E-state index is 0.0726. The van der Waals surface area contributed by atoms with Gasteiger partial charge in [-0.3, -0.25) is 0 Å². The maximum absolute atomic E-state index is 13.0. The molecule has 1 atom stereocenters. The summed E-state index contributed by atoms with van der Waals surface area (Å²) >= 11 is 1.49. The van der Waals surface area contributed by atoms with E-state index in [0.29, 0.717) is 5.17 Å². The van der Waals surface area contributed by atoms with Gasteiger partial charge in [-0.25, -0.2) is 9.38 Å². The molecule has 2 aromatic rings. The standard InChI is InChI=1S/C17H15FN2OS/c1-21-14-8-4-12(5-9-14)16-10-15(20-17(19)22-16)11-2-6-13(18)7-3-11/h2-10,16H,1H3,(H2,19,20)/t16-/m1/s1. The third-order valence-electron chi connectivity index (χ3n) is 3.37. The van der Waals surface area contributed by atoms with Gasteiger partial charge in [0, 0.05) is 5.56 Å². The predicted molar refractivity (Wildman–Crippen MR) is 89.3 cm³/mol. The first-order chi connectivity index (χ1) is 10.7. The van der Waals surface area contributed by atoms with E-state index in [9.17, 15) is 4.39 Å². The summed E-state index contributed by atoms with van der Waals surface area (Å²) in [6.07, 6.45) is 2.04. The quantitative estimate of drug-likeness (QED) is 0.932. The summed E-state index contributed by atoms with van der Waals surface area (Å²) in [5.74, 6) is 0.548. The maximum atomic E-state index is 13.0. The van der Waals surface area contributed by atoms with Gasteiger partial charge in [-0.05, 0) is 48.0 Å². The number of methoxy groups -OCH3 is 1. The number of hydrogen-bond acceptors (Lipinski definition) is 4. The van der Waals surface area contributed by atoms with Crippen molar-refractivity contribution >= 4 is 22.6 Å². The summed E-state index contributed by atoms with van der Waals surface area (Å²) in [6, 6.07) is 14.1. The largest absolute Gasteiger partial charge is 0.497 e. The first-order valence-corrected chi connectivity index (χ1v) is 7.66. The van der Waals surface area contributed by atoms with Crippen molar-refractivity contribution in [2.75, 3.05) is 7.11 Å². The van der Waals surface area contributed by atoms with Crippen LogP contribution in [0.5, 0.6) is 5.75 Å². The molecule has 0 radical (unpaired) electrons. The number of benzene rings is 2. The van der Waals surface area contributed by atoms with Gasteiger partial charge in [-0.15, -0.1) is 0 Å². The zero-order valence-corrected chi connectivity index (χ0v) is 12.8. The summed E-state index contributed by atoms with van der Waals surface area (Å²) in [4.78, 5) is 4.36. The van der Waals surface area contributed by atoms with Crippen LogP contribution in [0.1, 0.15) is 16.4 Å². The summed E-state index contributed by atoms with van der Waals surface area (Å²) in [7, 11) is 1.64. The zero-order valence-electron chi connectivity index (χ0n) is 12.0. The number of nitrogens with two attached hydrogens (primary N) is 1. The van der Waals surface area contributed by atoms with Crippen molar-refractivity contribution in [1.82, 2.24) is 0 Å². The number of amidine groups is 1. The van der Waals surface area contributed by atoms with Gasteiger partial charge in [0.05, 0.1) is 18.1 Å². The molecule has 112 valence electrons. The molecule has 0 amide bonds. The monoisotopic (exact) mass is 314 g/mol. The molecule has 3 nitrogen and oxygen atoms in total. The molecule has 1 aliphatic rings. The lowest BCUT2D eigenvalue weighted by Gasteiger charge is -2.19. The van der Waals surface area contributed by atoms with Crippen LogP contribution in [-0.4, -0.2) is 12.3 Å². The second-order valence-corrected chi connectivity index (χ2v) is 5.98. The van der Waals surface area contributed by atoms with E-state index in [1.807, 2.05) is 30.3 Å². The first-order valence-electron chi connectivity index (χ1n) is 6.78. The molecule has 0 bridgehead atoms. The topological polar surface area (TPSA) is 47.6 Å². The molecule has 0 spiro atoms. The van der Waals surface area contributed by atoms with Crippen LogP contribution in [-0.2, 0) is 0 Å². The Morgan fingerprint density at radius 1 is 1.09 bits per heavy atom. The highest BCUT2D eigenvalue weighted by Gasteiger charge is 2.18. The van der Waals surface area contributed by atoms with E-state index in [1.165, 1.54) is 23.9 Å². The van der Waals surface area contributed by atoms with Gasteiger partial charge in [-0.2, -0.15) is 0 Å².